The van der Waals surface area contributed by atoms with Crippen molar-refractivity contribution in [3.8, 4) is 11.5 Å². The Labute approximate surface area is 159 Å². The molecular formula is C18H16ClN3O3S. The number of benzene rings is 1. The predicted molar refractivity (Wildman–Crippen MR) is 101 cm³/mol. The molecule has 0 bridgehead atoms. The van der Waals surface area contributed by atoms with E-state index in [0.717, 1.165) is 5.01 Å². The normalized spacial score (nSPS) is 10.4. The van der Waals surface area contributed by atoms with Crippen LogP contribution in [-0.4, -0.2) is 23.0 Å². The van der Waals surface area contributed by atoms with Crippen molar-refractivity contribution in [2.24, 2.45) is 0 Å². The molecule has 134 valence electrons. The van der Waals surface area contributed by atoms with Gasteiger partial charge >= 0.3 is 0 Å². The molecule has 0 unspecified atom stereocenters. The maximum absolute atomic E-state index is 12.2. The lowest BCUT2D eigenvalue weighted by Crippen LogP contribution is -2.14. The number of aromatic nitrogens is 2. The van der Waals surface area contributed by atoms with Gasteiger partial charge in [-0.2, -0.15) is 0 Å². The molecule has 3 aromatic rings. The van der Waals surface area contributed by atoms with E-state index >= 15 is 0 Å². The van der Waals surface area contributed by atoms with Crippen molar-refractivity contribution in [3.63, 3.8) is 0 Å². The summed E-state index contributed by atoms with van der Waals surface area (Å²) in [5.74, 6) is 1.07. The molecule has 8 heteroatoms. The number of hydrogen-bond acceptors (Lipinski definition) is 6. The Kier molecular flexibility index (Phi) is 6.04. The van der Waals surface area contributed by atoms with Crippen LogP contribution in [-0.2, 0) is 17.8 Å². The minimum Gasteiger partial charge on any atom is -0.495 e. The van der Waals surface area contributed by atoms with Gasteiger partial charge in [0, 0.05) is 17.3 Å². The Morgan fingerprint density at radius 3 is 2.96 bits per heavy atom. The molecule has 6 nitrogen and oxygen atoms in total. The zero-order chi connectivity index (χ0) is 18.4. The standard InChI is InChI=1S/C18H16ClN3O3S/c1-24-16-5-4-12(7-15(16)19)21-17(23)8-13-11-26-18(22-13)10-25-14-3-2-6-20-9-14/h2-7,9,11H,8,10H2,1H3,(H,21,23). The molecule has 0 aliphatic carbocycles. The van der Waals surface area contributed by atoms with Crippen LogP contribution in [0.4, 0.5) is 5.69 Å². The van der Waals surface area contributed by atoms with Crippen LogP contribution in [0.1, 0.15) is 10.7 Å². The third kappa shape index (κ3) is 4.93. The number of pyridine rings is 1. The Balaban J connectivity index is 1.53. The van der Waals surface area contributed by atoms with Crippen LogP contribution >= 0.6 is 22.9 Å². The molecule has 0 aliphatic rings. The van der Waals surface area contributed by atoms with Crippen molar-refractivity contribution in [2.45, 2.75) is 13.0 Å². The third-order valence-electron chi connectivity index (χ3n) is 3.37. The number of rotatable bonds is 7. The largest absolute Gasteiger partial charge is 0.495 e. The summed E-state index contributed by atoms with van der Waals surface area (Å²) in [7, 11) is 1.54. The first-order chi connectivity index (χ1) is 12.6. The number of amides is 1. The molecule has 0 fully saturated rings. The number of nitrogens with zero attached hydrogens (tertiary/aromatic N) is 2. The van der Waals surface area contributed by atoms with Gasteiger partial charge < -0.3 is 14.8 Å². The molecule has 0 spiro atoms. The van der Waals surface area contributed by atoms with E-state index in [2.05, 4.69) is 15.3 Å². The lowest BCUT2D eigenvalue weighted by molar-refractivity contribution is -0.115. The lowest BCUT2D eigenvalue weighted by atomic mass is 10.2. The van der Waals surface area contributed by atoms with Crippen LogP contribution in [0.2, 0.25) is 5.02 Å². The fourth-order valence-electron chi connectivity index (χ4n) is 2.19. The van der Waals surface area contributed by atoms with Gasteiger partial charge in [-0.05, 0) is 30.3 Å². The highest BCUT2D eigenvalue weighted by Gasteiger charge is 2.10. The molecular weight excluding hydrogens is 374 g/mol. The van der Waals surface area contributed by atoms with Gasteiger partial charge in [-0.1, -0.05) is 11.6 Å². The number of hydrogen-bond donors (Lipinski definition) is 1. The van der Waals surface area contributed by atoms with Crippen molar-refractivity contribution in [1.82, 2.24) is 9.97 Å². The zero-order valence-electron chi connectivity index (χ0n) is 13.9. The van der Waals surface area contributed by atoms with E-state index < -0.39 is 0 Å². The Bertz CT molecular complexity index is 886. The van der Waals surface area contributed by atoms with Crippen LogP contribution in [0.25, 0.3) is 0 Å². The van der Waals surface area contributed by atoms with Crippen LogP contribution in [0.5, 0.6) is 11.5 Å². The second kappa shape index (κ2) is 8.64. The number of carbonyl (C=O) groups is 1. The van der Waals surface area contributed by atoms with Gasteiger partial charge in [-0.15, -0.1) is 11.3 Å². The van der Waals surface area contributed by atoms with Crippen molar-refractivity contribution >= 4 is 34.5 Å². The third-order valence-corrected chi connectivity index (χ3v) is 4.54. The quantitative estimate of drug-likeness (QED) is 0.662. The molecule has 0 aliphatic heterocycles. The number of anilines is 1. The van der Waals surface area contributed by atoms with Gasteiger partial charge in [-0.3, -0.25) is 9.78 Å². The highest BCUT2D eigenvalue weighted by molar-refractivity contribution is 7.09. The van der Waals surface area contributed by atoms with Gasteiger partial charge in [0.25, 0.3) is 0 Å². The van der Waals surface area contributed by atoms with Gasteiger partial charge in [0.1, 0.15) is 23.1 Å². The van der Waals surface area contributed by atoms with E-state index in [1.165, 1.54) is 18.4 Å². The molecule has 2 aromatic heterocycles. The number of ether oxygens (including phenoxy) is 2. The summed E-state index contributed by atoms with van der Waals surface area (Å²) in [5.41, 5.74) is 1.30. The summed E-state index contributed by atoms with van der Waals surface area (Å²) in [4.78, 5) is 20.6. The Hall–Kier alpha value is -2.64. The molecule has 0 atom stereocenters. The maximum Gasteiger partial charge on any atom is 0.230 e. The van der Waals surface area contributed by atoms with Crippen LogP contribution < -0.4 is 14.8 Å². The summed E-state index contributed by atoms with van der Waals surface area (Å²) < 4.78 is 10.7. The van der Waals surface area contributed by atoms with E-state index in [4.69, 9.17) is 21.1 Å². The van der Waals surface area contributed by atoms with Crippen molar-refractivity contribution in [3.05, 3.63) is 63.8 Å². The average molecular weight is 390 g/mol. The van der Waals surface area contributed by atoms with E-state index in [1.807, 2.05) is 11.4 Å². The van der Waals surface area contributed by atoms with Crippen molar-refractivity contribution in [1.29, 1.82) is 0 Å². The monoisotopic (exact) mass is 389 g/mol. The Morgan fingerprint density at radius 2 is 2.23 bits per heavy atom. The fourth-order valence-corrected chi connectivity index (χ4v) is 3.15. The molecule has 1 amide bonds. The summed E-state index contributed by atoms with van der Waals surface area (Å²) in [6.07, 6.45) is 3.50. The maximum atomic E-state index is 12.2. The van der Waals surface area contributed by atoms with Crippen LogP contribution in [0.15, 0.2) is 48.1 Å². The van der Waals surface area contributed by atoms with E-state index in [0.29, 0.717) is 34.5 Å². The second-order valence-electron chi connectivity index (χ2n) is 5.28. The van der Waals surface area contributed by atoms with Crippen LogP contribution in [0.3, 0.4) is 0 Å². The number of methoxy groups -OCH3 is 1. The van der Waals surface area contributed by atoms with Crippen molar-refractivity contribution < 1.29 is 14.3 Å². The van der Waals surface area contributed by atoms with Gasteiger partial charge in [0.05, 0.1) is 30.4 Å². The summed E-state index contributed by atoms with van der Waals surface area (Å²) in [5, 5.41) is 5.88. The second-order valence-corrected chi connectivity index (χ2v) is 6.63. The average Bonchev–Trinajstić information content (AvgIpc) is 3.08. The zero-order valence-corrected chi connectivity index (χ0v) is 15.5. The highest BCUT2D eigenvalue weighted by atomic mass is 35.5. The van der Waals surface area contributed by atoms with Gasteiger partial charge in [-0.25, -0.2) is 4.98 Å². The summed E-state index contributed by atoms with van der Waals surface area (Å²) in [6.45, 7) is 0.339. The first-order valence-corrected chi connectivity index (χ1v) is 8.99. The number of carbonyl (C=O) groups excluding carboxylic acids is 1. The molecule has 0 saturated carbocycles. The predicted octanol–water partition coefficient (Wildman–Crippen LogP) is 3.96. The van der Waals surface area contributed by atoms with Crippen molar-refractivity contribution in [2.75, 3.05) is 12.4 Å². The molecule has 3 rings (SSSR count). The SMILES string of the molecule is COc1ccc(NC(=O)Cc2csc(COc3cccnc3)n2)cc1Cl. The fraction of sp³-hybridized carbons (Fsp3) is 0.167. The number of thiazole rings is 1. The van der Waals surface area contributed by atoms with E-state index in [9.17, 15) is 4.79 Å². The summed E-state index contributed by atoms with van der Waals surface area (Å²) >= 11 is 7.51. The topological polar surface area (TPSA) is 73.3 Å². The van der Waals surface area contributed by atoms with Gasteiger partial charge in [0.2, 0.25) is 5.91 Å². The molecule has 2 heterocycles. The number of nitrogens with one attached hydrogen (secondary N) is 1. The molecule has 1 aromatic carbocycles. The first-order valence-electron chi connectivity index (χ1n) is 7.73. The van der Waals surface area contributed by atoms with E-state index in [1.54, 1.807) is 36.7 Å². The summed E-state index contributed by atoms with van der Waals surface area (Å²) in [6, 6.07) is 8.71. The first kappa shape index (κ1) is 18.2. The van der Waals surface area contributed by atoms with Crippen LogP contribution in [0, 0.1) is 0 Å². The highest BCUT2D eigenvalue weighted by Crippen LogP contribution is 2.27. The minimum atomic E-state index is -0.170. The molecule has 0 radical (unpaired) electrons. The lowest BCUT2D eigenvalue weighted by Gasteiger charge is -2.07. The minimum absolute atomic E-state index is 0.170. The Morgan fingerprint density at radius 1 is 1.35 bits per heavy atom. The van der Waals surface area contributed by atoms with E-state index in [-0.39, 0.29) is 12.3 Å². The smallest absolute Gasteiger partial charge is 0.230 e. The molecule has 0 saturated heterocycles. The number of halogens is 1. The van der Waals surface area contributed by atoms with Gasteiger partial charge in [0.15, 0.2) is 0 Å². The molecule has 26 heavy (non-hydrogen) atoms. The molecule has 1 N–H and O–H groups in total.